The van der Waals surface area contributed by atoms with Crippen LogP contribution >= 0.6 is 0 Å². The van der Waals surface area contributed by atoms with E-state index in [0.29, 0.717) is 12.4 Å². The van der Waals surface area contributed by atoms with Crippen LogP contribution < -0.4 is 5.56 Å². The molecule has 1 fully saturated rings. The van der Waals surface area contributed by atoms with Crippen LogP contribution in [0.1, 0.15) is 29.4 Å². The van der Waals surface area contributed by atoms with Gasteiger partial charge in [0.25, 0.3) is 5.56 Å². The van der Waals surface area contributed by atoms with Gasteiger partial charge in [0.2, 0.25) is 0 Å². The summed E-state index contributed by atoms with van der Waals surface area (Å²) in [6, 6.07) is 5.53. The summed E-state index contributed by atoms with van der Waals surface area (Å²) in [6.45, 7) is 3.93. The van der Waals surface area contributed by atoms with Crippen LogP contribution in [0.5, 0.6) is 0 Å². The quantitative estimate of drug-likeness (QED) is 0.947. The fourth-order valence-electron chi connectivity index (χ4n) is 2.93. The molecule has 0 unspecified atom stereocenters. The summed E-state index contributed by atoms with van der Waals surface area (Å²) in [5.41, 5.74) is 1.41. The lowest BCUT2D eigenvalue weighted by Crippen LogP contribution is -2.21. The summed E-state index contributed by atoms with van der Waals surface area (Å²) in [4.78, 5) is 20.7. The molecular weight excluding hydrogens is 288 g/mol. The van der Waals surface area contributed by atoms with Crippen molar-refractivity contribution in [2.24, 2.45) is 0 Å². The van der Waals surface area contributed by atoms with Crippen molar-refractivity contribution in [2.75, 3.05) is 13.1 Å². The number of aryl methyl sites for hydroxylation is 1. The number of H-pyrrole nitrogens is 1. The van der Waals surface area contributed by atoms with E-state index < -0.39 is 11.6 Å². The number of hydrogen-bond donors (Lipinski definition) is 1. The lowest BCUT2D eigenvalue weighted by molar-refractivity contribution is 0.325. The Morgan fingerprint density at radius 1 is 1.32 bits per heavy atom. The van der Waals surface area contributed by atoms with E-state index in [4.69, 9.17) is 0 Å². The van der Waals surface area contributed by atoms with Crippen LogP contribution in [0.25, 0.3) is 0 Å². The Balaban J connectivity index is 1.69. The summed E-state index contributed by atoms with van der Waals surface area (Å²) in [7, 11) is 0. The standard InChI is InChI=1S/C16H17F2N3O/c1-10-19-15(7-16(22)20-10)12-4-5-21(9-12)8-11-2-3-13(17)14(18)6-11/h2-3,6-7,12H,4-5,8-9H2,1H3,(H,19,20,22)/t12-/m1/s1. The van der Waals surface area contributed by atoms with Crippen molar-refractivity contribution in [3.05, 3.63) is 63.3 Å². The lowest BCUT2D eigenvalue weighted by Gasteiger charge is -2.16. The molecule has 1 aliphatic rings. The highest BCUT2D eigenvalue weighted by Crippen LogP contribution is 2.26. The fourth-order valence-corrected chi connectivity index (χ4v) is 2.93. The molecule has 2 aromatic rings. The second-order valence-electron chi connectivity index (χ2n) is 5.72. The molecule has 1 aliphatic heterocycles. The topological polar surface area (TPSA) is 49.0 Å². The van der Waals surface area contributed by atoms with Crippen molar-refractivity contribution in [1.29, 1.82) is 0 Å². The van der Waals surface area contributed by atoms with Gasteiger partial charge in [-0.05, 0) is 37.6 Å². The van der Waals surface area contributed by atoms with E-state index in [1.54, 1.807) is 19.1 Å². The number of rotatable bonds is 3. The molecule has 22 heavy (non-hydrogen) atoms. The number of likely N-dealkylation sites (tertiary alicyclic amines) is 1. The van der Waals surface area contributed by atoms with Crippen LogP contribution in [0, 0.1) is 18.6 Å². The average molecular weight is 305 g/mol. The number of halogens is 2. The molecule has 1 N–H and O–H groups in total. The van der Waals surface area contributed by atoms with Gasteiger partial charge >= 0.3 is 0 Å². The predicted octanol–water partition coefficient (Wildman–Crippen LogP) is 2.35. The van der Waals surface area contributed by atoms with Gasteiger partial charge in [-0.3, -0.25) is 9.69 Å². The van der Waals surface area contributed by atoms with Gasteiger partial charge in [-0.2, -0.15) is 0 Å². The molecule has 1 atom stereocenters. The van der Waals surface area contributed by atoms with E-state index in [2.05, 4.69) is 14.9 Å². The van der Waals surface area contributed by atoms with Crippen LogP contribution in [0.3, 0.4) is 0 Å². The molecule has 6 heteroatoms. The first-order valence-electron chi connectivity index (χ1n) is 7.25. The van der Waals surface area contributed by atoms with Gasteiger partial charge in [0.1, 0.15) is 5.82 Å². The van der Waals surface area contributed by atoms with Crippen molar-refractivity contribution in [3.63, 3.8) is 0 Å². The zero-order chi connectivity index (χ0) is 15.7. The van der Waals surface area contributed by atoms with Crippen molar-refractivity contribution >= 4 is 0 Å². The summed E-state index contributed by atoms with van der Waals surface area (Å²) >= 11 is 0. The highest BCUT2D eigenvalue weighted by Gasteiger charge is 2.25. The van der Waals surface area contributed by atoms with Crippen molar-refractivity contribution in [3.8, 4) is 0 Å². The molecule has 3 rings (SSSR count). The number of hydrogen-bond acceptors (Lipinski definition) is 3. The zero-order valence-corrected chi connectivity index (χ0v) is 12.3. The summed E-state index contributed by atoms with van der Waals surface area (Å²) < 4.78 is 26.2. The Hall–Kier alpha value is -2.08. The Bertz CT molecular complexity index is 744. The number of nitrogens with one attached hydrogen (secondary N) is 1. The minimum absolute atomic E-state index is 0.137. The van der Waals surface area contributed by atoms with Gasteiger partial charge < -0.3 is 4.98 Å². The highest BCUT2D eigenvalue weighted by atomic mass is 19.2. The van der Waals surface area contributed by atoms with E-state index in [-0.39, 0.29) is 11.5 Å². The molecule has 116 valence electrons. The number of aromatic amines is 1. The minimum atomic E-state index is -0.828. The highest BCUT2D eigenvalue weighted by molar-refractivity contribution is 5.18. The summed E-state index contributed by atoms with van der Waals surface area (Å²) in [5, 5.41) is 0. The fraction of sp³-hybridized carbons (Fsp3) is 0.375. The Morgan fingerprint density at radius 3 is 2.86 bits per heavy atom. The molecule has 0 aliphatic carbocycles. The second-order valence-corrected chi connectivity index (χ2v) is 5.72. The third-order valence-electron chi connectivity index (χ3n) is 3.96. The van der Waals surface area contributed by atoms with Crippen molar-refractivity contribution < 1.29 is 8.78 Å². The number of benzene rings is 1. The minimum Gasteiger partial charge on any atom is -0.311 e. The molecule has 0 bridgehead atoms. The molecule has 0 radical (unpaired) electrons. The lowest BCUT2D eigenvalue weighted by atomic mass is 10.0. The SMILES string of the molecule is Cc1nc([C@@H]2CCN(Cc3ccc(F)c(F)c3)C2)cc(=O)[nH]1. The van der Waals surface area contributed by atoms with Crippen molar-refractivity contribution in [1.82, 2.24) is 14.9 Å². The molecule has 0 amide bonds. The van der Waals surface area contributed by atoms with E-state index in [9.17, 15) is 13.6 Å². The molecular formula is C16H17F2N3O. The maximum absolute atomic E-state index is 13.2. The monoisotopic (exact) mass is 305 g/mol. The van der Waals surface area contributed by atoms with Crippen LogP contribution in [0.4, 0.5) is 8.78 Å². The van der Waals surface area contributed by atoms with Crippen LogP contribution in [-0.2, 0) is 6.54 Å². The largest absolute Gasteiger partial charge is 0.311 e. The first-order chi connectivity index (χ1) is 10.5. The van der Waals surface area contributed by atoms with Gasteiger partial charge in [0.15, 0.2) is 11.6 Å². The van der Waals surface area contributed by atoms with Gasteiger partial charge in [-0.25, -0.2) is 13.8 Å². The average Bonchev–Trinajstić information content (AvgIpc) is 2.90. The molecule has 0 saturated carbocycles. The Labute approximate surface area is 126 Å². The molecule has 0 spiro atoms. The van der Waals surface area contributed by atoms with Gasteiger partial charge in [-0.15, -0.1) is 0 Å². The molecule has 1 aromatic heterocycles. The maximum Gasteiger partial charge on any atom is 0.251 e. The third kappa shape index (κ3) is 3.22. The van der Waals surface area contributed by atoms with Gasteiger partial charge in [0.05, 0.1) is 5.69 Å². The van der Waals surface area contributed by atoms with Crippen LogP contribution in [-0.4, -0.2) is 28.0 Å². The molecule has 4 nitrogen and oxygen atoms in total. The van der Waals surface area contributed by atoms with Crippen LogP contribution in [0.15, 0.2) is 29.1 Å². The van der Waals surface area contributed by atoms with E-state index >= 15 is 0 Å². The van der Waals surface area contributed by atoms with Crippen LogP contribution in [0.2, 0.25) is 0 Å². The van der Waals surface area contributed by atoms with E-state index in [1.807, 2.05) is 0 Å². The molecule has 2 heterocycles. The zero-order valence-electron chi connectivity index (χ0n) is 12.3. The second kappa shape index (κ2) is 5.96. The van der Waals surface area contributed by atoms with Crippen molar-refractivity contribution in [2.45, 2.75) is 25.8 Å². The maximum atomic E-state index is 13.2. The van der Waals surface area contributed by atoms with Gasteiger partial charge in [-0.1, -0.05) is 6.07 Å². The first kappa shape index (κ1) is 14.8. The normalized spacial score (nSPS) is 18.8. The Morgan fingerprint density at radius 2 is 2.14 bits per heavy atom. The van der Waals surface area contributed by atoms with Gasteiger partial charge in [0, 0.05) is 25.1 Å². The third-order valence-corrected chi connectivity index (χ3v) is 3.96. The summed E-state index contributed by atoms with van der Waals surface area (Å²) in [5.74, 6) is -0.834. The number of nitrogens with zero attached hydrogens (tertiary/aromatic N) is 2. The Kier molecular flexibility index (Phi) is 4.02. The molecule has 1 saturated heterocycles. The summed E-state index contributed by atoms with van der Waals surface area (Å²) in [6.07, 6.45) is 0.902. The first-order valence-corrected chi connectivity index (χ1v) is 7.25. The molecule has 1 aromatic carbocycles. The van der Waals surface area contributed by atoms with E-state index in [1.165, 1.54) is 6.07 Å². The van der Waals surface area contributed by atoms with E-state index in [0.717, 1.165) is 36.8 Å². The number of aromatic nitrogens is 2. The predicted molar refractivity (Wildman–Crippen MR) is 78.6 cm³/mol. The smallest absolute Gasteiger partial charge is 0.251 e.